The van der Waals surface area contributed by atoms with Gasteiger partial charge in [-0.15, -0.1) is 0 Å². The van der Waals surface area contributed by atoms with Gasteiger partial charge in [0.25, 0.3) is 0 Å². The third kappa shape index (κ3) is 4.40. The minimum Gasteiger partial charge on any atom is -0.310 e. The van der Waals surface area contributed by atoms with Crippen LogP contribution in [-0.2, 0) is 6.42 Å². The molecular formula is C19H26N2. The molecule has 0 fully saturated rings. The van der Waals surface area contributed by atoms with E-state index in [2.05, 4.69) is 67.5 Å². The molecule has 1 aromatic heterocycles. The van der Waals surface area contributed by atoms with Crippen LogP contribution in [0.4, 0.5) is 0 Å². The zero-order valence-electron chi connectivity index (χ0n) is 13.6. The van der Waals surface area contributed by atoms with Gasteiger partial charge in [0.05, 0.1) is 0 Å². The molecule has 0 saturated heterocycles. The number of rotatable bonds is 6. The highest BCUT2D eigenvalue weighted by Crippen LogP contribution is 2.21. The normalized spacial score (nSPS) is 12.6. The number of hydrogen-bond acceptors (Lipinski definition) is 2. The van der Waals surface area contributed by atoms with Crippen LogP contribution in [0.1, 0.15) is 55.1 Å². The number of benzene rings is 1. The fraction of sp³-hybridized carbons (Fsp3) is 0.421. The molecule has 2 heteroatoms. The van der Waals surface area contributed by atoms with Gasteiger partial charge in [0, 0.05) is 17.9 Å². The standard InChI is InChI=1S/C19H26N2/c1-5-20-19(18-10-11-21-15(4)12-18)13-16-6-8-17(9-7-16)14(2)3/h6-12,14,19-20H,5,13H2,1-4H3. The monoisotopic (exact) mass is 282 g/mol. The fourth-order valence-electron chi connectivity index (χ4n) is 2.61. The quantitative estimate of drug-likeness (QED) is 0.849. The molecule has 0 aliphatic carbocycles. The Morgan fingerprint density at radius 2 is 1.76 bits per heavy atom. The largest absolute Gasteiger partial charge is 0.310 e. The van der Waals surface area contributed by atoms with E-state index >= 15 is 0 Å². The Morgan fingerprint density at radius 1 is 1.05 bits per heavy atom. The van der Waals surface area contributed by atoms with Gasteiger partial charge in [-0.1, -0.05) is 45.0 Å². The zero-order valence-corrected chi connectivity index (χ0v) is 13.6. The van der Waals surface area contributed by atoms with Crippen molar-refractivity contribution in [2.45, 2.75) is 46.1 Å². The Bertz CT molecular complexity index is 558. The highest BCUT2D eigenvalue weighted by molar-refractivity contribution is 5.28. The van der Waals surface area contributed by atoms with Crippen LogP contribution in [-0.4, -0.2) is 11.5 Å². The van der Waals surface area contributed by atoms with Crippen molar-refractivity contribution in [2.24, 2.45) is 0 Å². The number of hydrogen-bond donors (Lipinski definition) is 1. The Labute approximate surface area is 128 Å². The van der Waals surface area contributed by atoms with E-state index in [4.69, 9.17) is 0 Å². The third-order valence-corrected chi connectivity index (χ3v) is 3.86. The van der Waals surface area contributed by atoms with E-state index in [1.165, 1.54) is 16.7 Å². The summed E-state index contributed by atoms with van der Waals surface area (Å²) in [5, 5.41) is 3.58. The Hall–Kier alpha value is -1.67. The second kappa shape index (κ2) is 7.37. The van der Waals surface area contributed by atoms with Gasteiger partial charge in [-0.2, -0.15) is 0 Å². The van der Waals surface area contributed by atoms with Crippen molar-refractivity contribution in [3.8, 4) is 0 Å². The lowest BCUT2D eigenvalue weighted by atomic mass is 9.96. The van der Waals surface area contributed by atoms with Crippen molar-refractivity contribution >= 4 is 0 Å². The first kappa shape index (κ1) is 15.7. The molecule has 1 unspecified atom stereocenters. The number of likely N-dealkylation sites (N-methyl/N-ethyl adjacent to an activating group) is 1. The van der Waals surface area contributed by atoms with Gasteiger partial charge in [-0.05, 0) is 54.6 Å². The van der Waals surface area contributed by atoms with Crippen LogP contribution >= 0.6 is 0 Å². The van der Waals surface area contributed by atoms with Crippen molar-refractivity contribution in [1.82, 2.24) is 10.3 Å². The molecule has 1 atom stereocenters. The minimum absolute atomic E-state index is 0.349. The average molecular weight is 282 g/mol. The Kier molecular flexibility index (Phi) is 5.51. The molecule has 2 nitrogen and oxygen atoms in total. The maximum absolute atomic E-state index is 4.29. The van der Waals surface area contributed by atoms with Crippen molar-refractivity contribution in [2.75, 3.05) is 6.54 Å². The third-order valence-electron chi connectivity index (χ3n) is 3.86. The predicted molar refractivity (Wildman–Crippen MR) is 89.6 cm³/mol. The van der Waals surface area contributed by atoms with E-state index in [-0.39, 0.29) is 0 Å². The molecule has 0 saturated carbocycles. The minimum atomic E-state index is 0.349. The Balaban J connectivity index is 2.16. The van der Waals surface area contributed by atoms with Crippen LogP contribution in [0.2, 0.25) is 0 Å². The van der Waals surface area contributed by atoms with Gasteiger partial charge in [-0.3, -0.25) is 4.98 Å². The molecule has 0 aliphatic heterocycles. The van der Waals surface area contributed by atoms with Crippen molar-refractivity contribution < 1.29 is 0 Å². The van der Waals surface area contributed by atoms with Crippen LogP contribution in [0.25, 0.3) is 0 Å². The molecular weight excluding hydrogens is 256 g/mol. The molecule has 2 aromatic rings. The summed E-state index contributed by atoms with van der Waals surface area (Å²) in [5.74, 6) is 0.589. The zero-order chi connectivity index (χ0) is 15.2. The summed E-state index contributed by atoms with van der Waals surface area (Å²) in [4.78, 5) is 4.29. The topological polar surface area (TPSA) is 24.9 Å². The predicted octanol–water partition coefficient (Wildman–Crippen LogP) is 4.41. The van der Waals surface area contributed by atoms with Gasteiger partial charge >= 0.3 is 0 Å². The molecule has 1 heterocycles. The van der Waals surface area contributed by atoms with Gasteiger partial charge in [0.1, 0.15) is 0 Å². The van der Waals surface area contributed by atoms with Crippen molar-refractivity contribution in [1.29, 1.82) is 0 Å². The number of nitrogens with one attached hydrogen (secondary N) is 1. The van der Waals surface area contributed by atoms with Crippen LogP contribution in [0, 0.1) is 6.92 Å². The van der Waals surface area contributed by atoms with E-state index < -0.39 is 0 Å². The second-order valence-electron chi connectivity index (χ2n) is 5.94. The van der Waals surface area contributed by atoms with E-state index in [1.807, 2.05) is 13.1 Å². The molecule has 0 amide bonds. The molecule has 112 valence electrons. The molecule has 0 bridgehead atoms. The number of aryl methyl sites for hydroxylation is 1. The highest BCUT2D eigenvalue weighted by Gasteiger charge is 2.11. The summed E-state index contributed by atoms with van der Waals surface area (Å²) < 4.78 is 0. The molecule has 1 N–H and O–H groups in total. The smallest absolute Gasteiger partial charge is 0.0375 e. The van der Waals surface area contributed by atoms with E-state index in [0.717, 1.165) is 18.7 Å². The lowest BCUT2D eigenvalue weighted by molar-refractivity contribution is 0.549. The SMILES string of the molecule is CCNC(Cc1ccc(C(C)C)cc1)c1ccnc(C)c1. The highest BCUT2D eigenvalue weighted by atomic mass is 14.9. The molecule has 0 aliphatic rings. The number of pyridine rings is 1. The molecule has 0 radical (unpaired) electrons. The van der Waals surface area contributed by atoms with E-state index in [1.54, 1.807) is 0 Å². The molecule has 2 rings (SSSR count). The summed E-state index contributed by atoms with van der Waals surface area (Å²) in [7, 11) is 0. The van der Waals surface area contributed by atoms with Gasteiger partial charge in [0.2, 0.25) is 0 Å². The van der Waals surface area contributed by atoms with Crippen LogP contribution in [0.5, 0.6) is 0 Å². The molecule has 1 aromatic carbocycles. The first-order valence-corrected chi connectivity index (χ1v) is 7.85. The summed E-state index contributed by atoms with van der Waals surface area (Å²) in [6, 6.07) is 13.7. The number of nitrogens with zero attached hydrogens (tertiary/aromatic N) is 1. The van der Waals surface area contributed by atoms with Gasteiger partial charge in [-0.25, -0.2) is 0 Å². The summed E-state index contributed by atoms with van der Waals surface area (Å²) >= 11 is 0. The second-order valence-corrected chi connectivity index (χ2v) is 5.94. The lowest BCUT2D eigenvalue weighted by Crippen LogP contribution is -2.23. The first-order chi connectivity index (χ1) is 10.1. The Morgan fingerprint density at radius 3 is 2.33 bits per heavy atom. The lowest BCUT2D eigenvalue weighted by Gasteiger charge is -2.19. The summed E-state index contributed by atoms with van der Waals surface area (Å²) in [6.07, 6.45) is 2.91. The van der Waals surface area contributed by atoms with Gasteiger partial charge < -0.3 is 5.32 Å². The van der Waals surface area contributed by atoms with Crippen LogP contribution in [0.15, 0.2) is 42.6 Å². The van der Waals surface area contributed by atoms with Crippen LogP contribution < -0.4 is 5.32 Å². The van der Waals surface area contributed by atoms with Crippen molar-refractivity contribution in [3.63, 3.8) is 0 Å². The van der Waals surface area contributed by atoms with E-state index in [9.17, 15) is 0 Å². The van der Waals surface area contributed by atoms with Crippen LogP contribution in [0.3, 0.4) is 0 Å². The first-order valence-electron chi connectivity index (χ1n) is 7.85. The molecule has 21 heavy (non-hydrogen) atoms. The van der Waals surface area contributed by atoms with E-state index in [0.29, 0.717) is 12.0 Å². The van der Waals surface area contributed by atoms with Gasteiger partial charge in [0.15, 0.2) is 0 Å². The summed E-state index contributed by atoms with van der Waals surface area (Å²) in [5.41, 5.74) is 5.17. The van der Waals surface area contributed by atoms with Crippen molar-refractivity contribution in [3.05, 3.63) is 65.0 Å². The molecule has 0 spiro atoms. The fourth-order valence-corrected chi connectivity index (χ4v) is 2.61. The average Bonchev–Trinajstić information content (AvgIpc) is 2.47. The summed E-state index contributed by atoms with van der Waals surface area (Å²) in [6.45, 7) is 9.63. The number of aromatic nitrogens is 1. The maximum atomic E-state index is 4.29. The maximum Gasteiger partial charge on any atom is 0.0375 e.